The standard InChI is InChI=1S/C20H24N2O2/c1-16(23)9-10-22(2)14-18-6-4-8-20(12-18)24-15-19-7-3-5-17(11-19)13-21/h3-8,11-12,16,23H,9-10,14-15H2,1-2H3. The molecule has 1 N–H and O–H groups in total. The smallest absolute Gasteiger partial charge is 0.120 e. The summed E-state index contributed by atoms with van der Waals surface area (Å²) < 4.78 is 5.84. The van der Waals surface area contributed by atoms with Gasteiger partial charge in [-0.3, -0.25) is 0 Å². The van der Waals surface area contributed by atoms with E-state index in [0.717, 1.165) is 30.8 Å². The van der Waals surface area contributed by atoms with Gasteiger partial charge in [0.15, 0.2) is 0 Å². The lowest BCUT2D eigenvalue weighted by Gasteiger charge is -2.18. The number of nitriles is 1. The minimum atomic E-state index is -0.272. The van der Waals surface area contributed by atoms with Crippen LogP contribution in [-0.2, 0) is 13.2 Å². The lowest BCUT2D eigenvalue weighted by Crippen LogP contribution is -2.22. The van der Waals surface area contributed by atoms with E-state index < -0.39 is 0 Å². The van der Waals surface area contributed by atoms with Gasteiger partial charge in [0.05, 0.1) is 17.7 Å². The molecule has 2 aromatic carbocycles. The Kier molecular flexibility index (Phi) is 6.80. The monoisotopic (exact) mass is 324 g/mol. The fourth-order valence-electron chi connectivity index (χ4n) is 2.43. The van der Waals surface area contributed by atoms with Crippen LogP contribution >= 0.6 is 0 Å². The van der Waals surface area contributed by atoms with Crippen LogP contribution in [0.4, 0.5) is 0 Å². The van der Waals surface area contributed by atoms with Gasteiger partial charge in [-0.25, -0.2) is 0 Å². The highest BCUT2D eigenvalue weighted by Gasteiger charge is 2.04. The van der Waals surface area contributed by atoms with Gasteiger partial charge in [-0.1, -0.05) is 24.3 Å². The number of benzene rings is 2. The van der Waals surface area contributed by atoms with Gasteiger partial charge in [-0.2, -0.15) is 5.26 Å². The van der Waals surface area contributed by atoms with Gasteiger partial charge in [0, 0.05) is 13.1 Å². The van der Waals surface area contributed by atoms with Crippen LogP contribution in [0.1, 0.15) is 30.0 Å². The van der Waals surface area contributed by atoms with Gasteiger partial charge in [-0.05, 0) is 55.8 Å². The van der Waals surface area contributed by atoms with Crippen molar-refractivity contribution in [2.45, 2.75) is 32.6 Å². The molecule has 0 radical (unpaired) electrons. The molecule has 2 rings (SSSR count). The molecular weight excluding hydrogens is 300 g/mol. The maximum atomic E-state index is 9.36. The number of aliphatic hydroxyl groups is 1. The molecule has 0 spiro atoms. The molecule has 0 aromatic heterocycles. The Hall–Kier alpha value is -2.35. The molecule has 4 heteroatoms. The minimum Gasteiger partial charge on any atom is -0.489 e. The molecule has 24 heavy (non-hydrogen) atoms. The fourth-order valence-corrected chi connectivity index (χ4v) is 2.43. The van der Waals surface area contributed by atoms with Crippen LogP contribution in [0.3, 0.4) is 0 Å². The van der Waals surface area contributed by atoms with Crippen LogP contribution < -0.4 is 4.74 Å². The Labute approximate surface area is 143 Å². The average Bonchev–Trinajstić information content (AvgIpc) is 2.59. The average molecular weight is 324 g/mol. The van der Waals surface area contributed by atoms with E-state index in [1.807, 2.05) is 50.4 Å². The van der Waals surface area contributed by atoms with Gasteiger partial charge < -0.3 is 14.7 Å². The van der Waals surface area contributed by atoms with Gasteiger partial charge >= 0.3 is 0 Å². The zero-order valence-corrected chi connectivity index (χ0v) is 14.3. The number of ether oxygens (including phenoxy) is 1. The summed E-state index contributed by atoms with van der Waals surface area (Å²) in [6, 6.07) is 17.6. The zero-order valence-electron chi connectivity index (χ0n) is 14.3. The second kappa shape index (κ2) is 9.07. The third kappa shape index (κ3) is 6.04. The van der Waals surface area contributed by atoms with Crippen molar-refractivity contribution in [1.82, 2.24) is 4.90 Å². The molecule has 0 aliphatic rings. The number of aliphatic hydroxyl groups excluding tert-OH is 1. The van der Waals surface area contributed by atoms with Crippen molar-refractivity contribution in [1.29, 1.82) is 5.26 Å². The summed E-state index contributed by atoms with van der Waals surface area (Å²) >= 11 is 0. The van der Waals surface area contributed by atoms with E-state index in [9.17, 15) is 5.11 Å². The summed E-state index contributed by atoms with van der Waals surface area (Å²) in [6.45, 7) is 3.91. The Morgan fingerprint density at radius 2 is 1.92 bits per heavy atom. The number of rotatable bonds is 8. The molecule has 4 nitrogen and oxygen atoms in total. The number of hydrogen-bond donors (Lipinski definition) is 1. The SMILES string of the molecule is CC(O)CCN(C)Cc1cccc(OCc2cccc(C#N)c2)c1. The number of nitrogens with zero attached hydrogens (tertiary/aromatic N) is 2. The summed E-state index contributed by atoms with van der Waals surface area (Å²) in [7, 11) is 2.04. The fraction of sp³-hybridized carbons (Fsp3) is 0.350. The molecule has 0 saturated heterocycles. The maximum absolute atomic E-state index is 9.36. The molecule has 0 aliphatic heterocycles. The maximum Gasteiger partial charge on any atom is 0.120 e. The predicted molar refractivity (Wildman–Crippen MR) is 94.6 cm³/mol. The molecule has 0 bridgehead atoms. The predicted octanol–water partition coefficient (Wildman–Crippen LogP) is 3.34. The van der Waals surface area contributed by atoms with E-state index in [4.69, 9.17) is 10.00 Å². The van der Waals surface area contributed by atoms with E-state index in [1.165, 1.54) is 5.56 Å². The van der Waals surface area contributed by atoms with E-state index in [2.05, 4.69) is 17.0 Å². The van der Waals surface area contributed by atoms with Crippen LogP contribution in [0.15, 0.2) is 48.5 Å². The Morgan fingerprint density at radius 3 is 2.67 bits per heavy atom. The third-order valence-electron chi connectivity index (χ3n) is 3.74. The van der Waals surface area contributed by atoms with Crippen LogP contribution in [0, 0.1) is 11.3 Å². The van der Waals surface area contributed by atoms with Crippen LogP contribution in [0.25, 0.3) is 0 Å². The topological polar surface area (TPSA) is 56.5 Å². The van der Waals surface area contributed by atoms with Gasteiger partial charge in [0.1, 0.15) is 12.4 Å². The summed E-state index contributed by atoms with van der Waals surface area (Å²) in [6.07, 6.45) is 0.494. The summed E-state index contributed by atoms with van der Waals surface area (Å²) in [4.78, 5) is 2.18. The first-order valence-corrected chi connectivity index (χ1v) is 8.14. The zero-order chi connectivity index (χ0) is 17.4. The summed E-state index contributed by atoms with van der Waals surface area (Å²) in [5, 5.41) is 18.3. The summed E-state index contributed by atoms with van der Waals surface area (Å²) in [5.41, 5.74) is 2.80. The highest BCUT2D eigenvalue weighted by atomic mass is 16.5. The first-order chi connectivity index (χ1) is 11.6. The molecule has 0 saturated carbocycles. The molecule has 1 atom stereocenters. The molecule has 0 amide bonds. The van der Waals surface area contributed by atoms with Gasteiger partial charge in [0.25, 0.3) is 0 Å². The van der Waals surface area contributed by atoms with Crippen molar-refractivity contribution in [2.75, 3.05) is 13.6 Å². The van der Waals surface area contributed by atoms with E-state index in [1.54, 1.807) is 6.07 Å². The molecule has 126 valence electrons. The second-order valence-corrected chi connectivity index (χ2v) is 6.12. The molecule has 0 fully saturated rings. The third-order valence-corrected chi connectivity index (χ3v) is 3.74. The molecular formula is C20H24N2O2. The first kappa shape index (κ1) is 18.0. The lowest BCUT2D eigenvalue weighted by molar-refractivity contribution is 0.163. The van der Waals surface area contributed by atoms with Gasteiger partial charge in [0.2, 0.25) is 0 Å². The largest absolute Gasteiger partial charge is 0.489 e. The van der Waals surface area contributed by atoms with Crippen molar-refractivity contribution in [3.05, 3.63) is 65.2 Å². The highest BCUT2D eigenvalue weighted by molar-refractivity contribution is 5.33. The lowest BCUT2D eigenvalue weighted by atomic mass is 10.1. The van der Waals surface area contributed by atoms with Crippen molar-refractivity contribution >= 4 is 0 Å². The van der Waals surface area contributed by atoms with E-state index in [0.29, 0.717) is 12.2 Å². The molecule has 0 heterocycles. The van der Waals surface area contributed by atoms with Crippen LogP contribution in [-0.4, -0.2) is 29.7 Å². The van der Waals surface area contributed by atoms with E-state index in [-0.39, 0.29) is 6.10 Å². The highest BCUT2D eigenvalue weighted by Crippen LogP contribution is 2.17. The van der Waals surface area contributed by atoms with Crippen LogP contribution in [0.2, 0.25) is 0 Å². The Balaban J connectivity index is 1.91. The number of hydrogen-bond acceptors (Lipinski definition) is 4. The Bertz CT molecular complexity index is 692. The molecule has 0 aliphatic carbocycles. The van der Waals surface area contributed by atoms with Crippen molar-refractivity contribution in [3.63, 3.8) is 0 Å². The normalized spacial score (nSPS) is 12.0. The first-order valence-electron chi connectivity index (χ1n) is 8.14. The van der Waals surface area contributed by atoms with Crippen molar-refractivity contribution in [2.24, 2.45) is 0 Å². The van der Waals surface area contributed by atoms with Gasteiger partial charge in [-0.15, -0.1) is 0 Å². The molecule has 1 unspecified atom stereocenters. The van der Waals surface area contributed by atoms with Crippen LogP contribution in [0.5, 0.6) is 5.75 Å². The summed E-state index contributed by atoms with van der Waals surface area (Å²) in [5.74, 6) is 0.818. The second-order valence-electron chi connectivity index (χ2n) is 6.12. The van der Waals surface area contributed by atoms with E-state index >= 15 is 0 Å². The van der Waals surface area contributed by atoms with Crippen molar-refractivity contribution < 1.29 is 9.84 Å². The van der Waals surface area contributed by atoms with Crippen molar-refractivity contribution in [3.8, 4) is 11.8 Å². The molecule has 2 aromatic rings. The Morgan fingerprint density at radius 1 is 1.17 bits per heavy atom. The quantitative estimate of drug-likeness (QED) is 0.809. The minimum absolute atomic E-state index is 0.272.